The zero-order chi connectivity index (χ0) is 12.1. The lowest BCUT2D eigenvalue weighted by atomic mass is 9.96. The minimum atomic E-state index is -0.228. The van der Waals surface area contributed by atoms with Crippen molar-refractivity contribution < 1.29 is 9.84 Å². The molecule has 0 spiro atoms. The molecular formula is C15H22O2. The highest BCUT2D eigenvalue weighted by Gasteiger charge is 2.19. The Morgan fingerprint density at radius 3 is 2.59 bits per heavy atom. The summed E-state index contributed by atoms with van der Waals surface area (Å²) >= 11 is 0. The van der Waals surface area contributed by atoms with E-state index in [1.54, 1.807) is 0 Å². The van der Waals surface area contributed by atoms with Crippen molar-refractivity contribution in [2.24, 2.45) is 5.92 Å². The van der Waals surface area contributed by atoms with E-state index in [9.17, 15) is 5.11 Å². The normalized spacial score (nSPS) is 21.6. The summed E-state index contributed by atoms with van der Waals surface area (Å²) in [7, 11) is 0. The Hall–Kier alpha value is -0.860. The molecule has 2 heteroatoms. The van der Waals surface area contributed by atoms with Gasteiger partial charge < -0.3 is 9.84 Å². The largest absolute Gasteiger partial charge is 0.393 e. The Morgan fingerprint density at radius 1 is 1.29 bits per heavy atom. The van der Waals surface area contributed by atoms with Crippen LogP contribution in [0.4, 0.5) is 0 Å². The molecule has 94 valence electrons. The molecule has 0 saturated carbocycles. The standard InChI is InChI=1S/C15H22O2/c1-2-12-3-5-13(6-4-12)9-15(16)10-14-7-8-17-11-14/h3-6,14-16H,2,7-11H2,1H3. The minimum absolute atomic E-state index is 0.228. The highest BCUT2D eigenvalue weighted by Crippen LogP contribution is 2.20. The van der Waals surface area contributed by atoms with Crippen LogP contribution in [-0.4, -0.2) is 24.4 Å². The predicted octanol–water partition coefficient (Wildman–Crippen LogP) is 2.58. The summed E-state index contributed by atoms with van der Waals surface area (Å²) in [6.07, 6.45) is 3.58. The van der Waals surface area contributed by atoms with Gasteiger partial charge in [-0.2, -0.15) is 0 Å². The molecule has 2 rings (SSSR count). The monoisotopic (exact) mass is 234 g/mol. The Bertz CT molecular complexity index is 325. The molecule has 2 unspecified atom stereocenters. The van der Waals surface area contributed by atoms with E-state index < -0.39 is 0 Å². The van der Waals surface area contributed by atoms with Crippen LogP contribution in [0.25, 0.3) is 0 Å². The number of benzene rings is 1. The first-order chi connectivity index (χ1) is 8.28. The molecule has 1 aromatic carbocycles. The average Bonchev–Trinajstić information content (AvgIpc) is 2.82. The Labute approximate surface area is 104 Å². The van der Waals surface area contributed by atoms with Gasteiger partial charge in [0.25, 0.3) is 0 Å². The Morgan fingerprint density at radius 2 is 2.00 bits per heavy atom. The van der Waals surface area contributed by atoms with Gasteiger partial charge in [-0.3, -0.25) is 0 Å². The van der Waals surface area contributed by atoms with Crippen LogP contribution in [0.3, 0.4) is 0 Å². The van der Waals surface area contributed by atoms with Gasteiger partial charge in [-0.15, -0.1) is 0 Å². The summed E-state index contributed by atoms with van der Waals surface area (Å²) in [6.45, 7) is 3.85. The summed E-state index contributed by atoms with van der Waals surface area (Å²) < 4.78 is 5.33. The van der Waals surface area contributed by atoms with Crippen LogP contribution in [-0.2, 0) is 17.6 Å². The minimum Gasteiger partial charge on any atom is -0.393 e. The second kappa shape index (κ2) is 6.18. The summed E-state index contributed by atoms with van der Waals surface area (Å²) in [4.78, 5) is 0. The third kappa shape index (κ3) is 3.83. The molecule has 1 N–H and O–H groups in total. The highest BCUT2D eigenvalue weighted by atomic mass is 16.5. The first-order valence-corrected chi connectivity index (χ1v) is 6.61. The summed E-state index contributed by atoms with van der Waals surface area (Å²) in [5.74, 6) is 0.555. The van der Waals surface area contributed by atoms with Gasteiger partial charge in [0.15, 0.2) is 0 Å². The quantitative estimate of drug-likeness (QED) is 0.848. The number of hydrogen-bond acceptors (Lipinski definition) is 2. The number of rotatable bonds is 5. The average molecular weight is 234 g/mol. The molecule has 0 aliphatic carbocycles. The number of aliphatic hydroxyl groups excluding tert-OH is 1. The third-order valence-corrected chi connectivity index (χ3v) is 3.53. The van der Waals surface area contributed by atoms with Crippen LogP contribution in [0.2, 0.25) is 0 Å². The molecule has 1 heterocycles. The molecule has 1 aromatic rings. The van der Waals surface area contributed by atoms with Crippen LogP contribution < -0.4 is 0 Å². The van der Waals surface area contributed by atoms with Gasteiger partial charge in [-0.05, 0) is 42.7 Å². The van der Waals surface area contributed by atoms with Crippen LogP contribution in [0.15, 0.2) is 24.3 Å². The van der Waals surface area contributed by atoms with E-state index in [1.807, 2.05) is 0 Å². The lowest BCUT2D eigenvalue weighted by Crippen LogP contribution is -2.16. The summed E-state index contributed by atoms with van der Waals surface area (Å²) in [5.41, 5.74) is 2.58. The second-order valence-corrected chi connectivity index (χ2v) is 4.99. The number of aliphatic hydroxyl groups is 1. The zero-order valence-electron chi connectivity index (χ0n) is 10.6. The fourth-order valence-electron chi connectivity index (χ4n) is 2.42. The predicted molar refractivity (Wildman–Crippen MR) is 69.1 cm³/mol. The van der Waals surface area contributed by atoms with Gasteiger partial charge in [0, 0.05) is 13.2 Å². The SMILES string of the molecule is CCc1ccc(CC(O)CC2CCOC2)cc1. The molecule has 1 aliphatic rings. The van der Waals surface area contributed by atoms with Crippen molar-refractivity contribution in [1.82, 2.24) is 0 Å². The molecule has 0 bridgehead atoms. The van der Waals surface area contributed by atoms with Gasteiger partial charge in [0.05, 0.1) is 6.10 Å². The van der Waals surface area contributed by atoms with Crippen molar-refractivity contribution in [1.29, 1.82) is 0 Å². The Kier molecular flexibility index (Phi) is 4.57. The molecule has 0 aromatic heterocycles. The molecular weight excluding hydrogens is 212 g/mol. The van der Waals surface area contributed by atoms with Crippen molar-refractivity contribution in [3.63, 3.8) is 0 Å². The first-order valence-electron chi connectivity index (χ1n) is 6.61. The van der Waals surface area contributed by atoms with Gasteiger partial charge in [-0.1, -0.05) is 31.2 Å². The zero-order valence-corrected chi connectivity index (χ0v) is 10.6. The maximum absolute atomic E-state index is 10.0. The van der Waals surface area contributed by atoms with E-state index in [1.165, 1.54) is 11.1 Å². The van der Waals surface area contributed by atoms with E-state index >= 15 is 0 Å². The molecule has 0 amide bonds. The fraction of sp³-hybridized carbons (Fsp3) is 0.600. The van der Waals surface area contributed by atoms with E-state index in [0.717, 1.165) is 38.9 Å². The number of aryl methyl sites for hydroxylation is 1. The summed E-state index contributed by atoms with van der Waals surface area (Å²) in [6, 6.07) is 8.57. The van der Waals surface area contributed by atoms with Crippen molar-refractivity contribution in [3.8, 4) is 0 Å². The highest BCUT2D eigenvalue weighted by molar-refractivity contribution is 5.22. The van der Waals surface area contributed by atoms with Crippen molar-refractivity contribution in [2.45, 2.75) is 38.7 Å². The van der Waals surface area contributed by atoms with Gasteiger partial charge in [0.1, 0.15) is 0 Å². The van der Waals surface area contributed by atoms with Crippen LogP contribution in [0.5, 0.6) is 0 Å². The first kappa shape index (κ1) is 12.6. The smallest absolute Gasteiger partial charge is 0.0584 e. The lowest BCUT2D eigenvalue weighted by molar-refractivity contribution is 0.129. The molecule has 1 aliphatic heterocycles. The van der Waals surface area contributed by atoms with Gasteiger partial charge in [-0.25, -0.2) is 0 Å². The van der Waals surface area contributed by atoms with Crippen LogP contribution >= 0.6 is 0 Å². The molecule has 17 heavy (non-hydrogen) atoms. The van der Waals surface area contributed by atoms with Crippen molar-refractivity contribution >= 4 is 0 Å². The molecule has 0 radical (unpaired) electrons. The molecule has 1 fully saturated rings. The lowest BCUT2D eigenvalue weighted by Gasteiger charge is -2.14. The van der Waals surface area contributed by atoms with Crippen molar-refractivity contribution in [3.05, 3.63) is 35.4 Å². The second-order valence-electron chi connectivity index (χ2n) is 4.99. The topological polar surface area (TPSA) is 29.5 Å². The van der Waals surface area contributed by atoms with Crippen LogP contribution in [0.1, 0.15) is 30.9 Å². The number of ether oxygens (including phenoxy) is 1. The van der Waals surface area contributed by atoms with E-state index in [0.29, 0.717) is 5.92 Å². The van der Waals surface area contributed by atoms with Gasteiger partial charge in [0.2, 0.25) is 0 Å². The van der Waals surface area contributed by atoms with E-state index in [-0.39, 0.29) is 6.10 Å². The maximum Gasteiger partial charge on any atom is 0.0584 e. The molecule has 2 nitrogen and oxygen atoms in total. The van der Waals surface area contributed by atoms with E-state index in [4.69, 9.17) is 4.74 Å². The number of hydrogen-bond donors (Lipinski definition) is 1. The van der Waals surface area contributed by atoms with Gasteiger partial charge >= 0.3 is 0 Å². The molecule has 2 atom stereocenters. The maximum atomic E-state index is 10.0. The third-order valence-electron chi connectivity index (χ3n) is 3.53. The summed E-state index contributed by atoms with van der Waals surface area (Å²) in [5, 5.41) is 10.0. The van der Waals surface area contributed by atoms with Crippen LogP contribution in [0, 0.1) is 5.92 Å². The van der Waals surface area contributed by atoms with Crippen molar-refractivity contribution in [2.75, 3.05) is 13.2 Å². The Balaban J connectivity index is 1.81. The fourth-order valence-corrected chi connectivity index (χ4v) is 2.42. The van der Waals surface area contributed by atoms with E-state index in [2.05, 4.69) is 31.2 Å². The molecule has 1 saturated heterocycles.